The molecule has 2 aromatic carbocycles. The molecule has 0 radical (unpaired) electrons. The molecule has 7 nitrogen and oxygen atoms in total. The lowest BCUT2D eigenvalue weighted by Crippen LogP contribution is -2.14. The third-order valence-corrected chi connectivity index (χ3v) is 4.16. The number of hydrogen-bond donors (Lipinski definition) is 1. The first-order valence-corrected chi connectivity index (χ1v) is 8.43. The Morgan fingerprint density at radius 2 is 2.04 bits per heavy atom. The first-order chi connectivity index (χ1) is 12.7. The van der Waals surface area contributed by atoms with Crippen LogP contribution in [-0.4, -0.2) is 24.1 Å². The third-order valence-electron chi connectivity index (χ3n) is 4.16. The lowest BCUT2D eigenvalue weighted by atomic mass is 10.1. The van der Waals surface area contributed by atoms with Crippen molar-refractivity contribution in [2.45, 2.75) is 19.4 Å². The molecular formula is C19H17N5O2. The van der Waals surface area contributed by atoms with Crippen LogP contribution in [0.25, 0.3) is 0 Å². The summed E-state index contributed by atoms with van der Waals surface area (Å²) in [5, 5.41) is 19.4. The average molecular weight is 347 g/mol. The Bertz CT molecular complexity index is 934. The van der Waals surface area contributed by atoms with Crippen molar-refractivity contribution in [2.24, 2.45) is 20.4 Å². The van der Waals surface area contributed by atoms with Crippen molar-refractivity contribution in [1.82, 2.24) is 0 Å². The number of carbonyl (C=O) groups is 1. The van der Waals surface area contributed by atoms with E-state index < -0.39 is 0 Å². The minimum absolute atomic E-state index is 0.0515. The SMILES string of the molecule is CCOc1ccc2c(c1)/C(=N\N=C1/CC(c3ccccc3)N=N1)C(=O)N2. The number of hydrogen-bond acceptors (Lipinski definition) is 5. The number of fused-ring (bicyclic) bond motifs is 1. The molecule has 26 heavy (non-hydrogen) atoms. The number of benzene rings is 2. The molecule has 7 heteroatoms. The fourth-order valence-corrected chi connectivity index (χ4v) is 2.91. The summed E-state index contributed by atoms with van der Waals surface area (Å²) in [6, 6.07) is 15.3. The molecule has 1 N–H and O–H groups in total. The molecule has 0 spiro atoms. The normalized spacial score (nSPS) is 21.3. The number of amides is 1. The van der Waals surface area contributed by atoms with E-state index in [4.69, 9.17) is 4.74 Å². The van der Waals surface area contributed by atoms with Crippen LogP contribution in [-0.2, 0) is 4.79 Å². The van der Waals surface area contributed by atoms with Crippen LogP contribution in [0.1, 0.15) is 30.5 Å². The Labute approximate surface area is 150 Å². The molecule has 2 aromatic rings. The highest BCUT2D eigenvalue weighted by molar-refractivity contribution is 6.53. The average Bonchev–Trinajstić information content (AvgIpc) is 3.25. The van der Waals surface area contributed by atoms with Gasteiger partial charge in [0.05, 0.1) is 12.3 Å². The number of anilines is 1. The van der Waals surface area contributed by atoms with E-state index in [1.165, 1.54) is 0 Å². The number of ether oxygens (including phenoxy) is 1. The van der Waals surface area contributed by atoms with Crippen molar-refractivity contribution in [3.8, 4) is 5.75 Å². The molecular weight excluding hydrogens is 330 g/mol. The van der Waals surface area contributed by atoms with Crippen LogP contribution in [0, 0.1) is 0 Å². The van der Waals surface area contributed by atoms with Gasteiger partial charge in [0, 0.05) is 12.0 Å². The molecule has 0 bridgehead atoms. The van der Waals surface area contributed by atoms with E-state index >= 15 is 0 Å². The van der Waals surface area contributed by atoms with Gasteiger partial charge in [-0.2, -0.15) is 5.11 Å². The minimum atomic E-state index is -0.285. The zero-order valence-corrected chi connectivity index (χ0v) is 14.2. The smallest absolute Gasteiger partial charge is 0.276 e. The van der Waals surface area contributed by atoms with Gasteiger partial charge in [0.15, 0.2) is 11.5 Å². The van der Waals surface area contributed by atoms with Crippen molar-refractivity contribution >= 4 is 23.1 Å². The summed E-state index contributed by atoms with van der Waals surface area (Å²) in [4.78, 5) is 12.2. The van der Waals surface area contributed by atoms with Gasteiger partial charge in [-0.05, 0) is 30.7 Å². The van der Waals surface area contributed by atoms with Gasteiger partial charge in [0.2, 0.25) is 0 Å². The molecule has 0 saturated heterocycles. The number of carbonyl (C=O) groups excluding carboxylic acids is 1. The summed E-state index contributed by atoms with van der Waals surface area (Å²) >= 11 is 0. The highest BCUT2D eigenvalue weighted by Crippen LogP contribution is 2.29. The lowest BCUT2D eigenvalue weighted by molar-refractivity contribution is -0.110. The Morgan fingerprint density at radius 1 is 1.19 bits per heavy atom. The molecule has 0 aliphatic carbocycles. The highest BCUT2D eigenvalue weighted by Gasteiger charge is 2.27. The van der Waals surface area contributed by atoms with E-state index in [0.29, 0.717) is 35.9 Å². The molecule has 0 fully saturated rings. The first kappa shape index (κ1) is 16.1. The Hall–Kier alpha value is -3.35. The largest absolute Gasteiger partial charge is 0.494 e. The Balaban J connectivity index is 1.56. The molecule has 0 aromatic heterocycles. The summed E-state index contributed by atoms with van der Waals surface area (Å²) in [5.41, 5.74) is 2.72. The fourth-order valence-electron chi connectivity index (χ4n) is 2.91. The predicted octanol–water partition coefficient (Wildman–Crippen LogP) is 3.74. The van der Waals surface area contributed by atoms with Crippen LogP contribution in [0.3, 0.4) is 0 Å². The van der Waals surface area contributed by atoms with E-state index in [-0.39, 0.29) is 17.7 Å². The Kier molecular flexibility index (Phi) is 4.27. The van der Waals surface area contributed by atoms with Gasteiger partial charge in [-0.25, -0.2) is 0 Å². The summed E-state index contributed by atoms with van der Waals surface area (Å²) in [6.45, 7) is 2.46. The lowest BCUT2D eigenvalue weighted by Gasteiger charge is -2.04. The fraction of sp³-hybridized carbons (Fsp3) is 0.211. The van der Waals surface area contributed by atoms with Crippen LogP contribution in [0.5, 0.6) is 5.75 Å². The molecule has 130 valence electrons. The second-order valence-corrected chi connectivity index (χ2v) is 5.91. The predicted molar refractivity (Wildman–Crippen MR) is 98.9 cm³/mol. The van der Waals surface area contributed by atoms with Gasteiger partial charge in [-0.15, -0.1) is 15.3 Å². The van der Waals surface area contributed by atoms with Crippen molar-refractivity contribution in [3.05, 3.63) is 59.7 Å². The van der Waals surface area contributed by atoms with E-state index in [9.17, 15) is 4.79 Å². The minimum Gasteiger partial charge on any atom is -0.494 e. The number of amidine groups is 1. The van der Waals surface area contributed by atoms with Crippen LogP contribution in [0.2, 0.25) is 0 Å². The summed E-state index contributed by atoms with van der Waals surface area (Å²) in [7, 11) is 0. The zero-order valence-electron chi connectivity index (χ0n) is 14.2. The molecule has 0 saturated carbocycles. The summed E-state index contributed by atoms with van der Waals surface area (Å²) in [5.74, 6) is 0.911. The van der Waals surface area contributed by atoms with Gasteiger partial charge >= 0.3 is 0 Å². The number of rotatable bonds is 4. The van der Waals surface area contributed by atoms with Crippen molar-refractivity contribution in [1.29, 1.82) is 0 Å². The van der Waals surface area contributed by atoms with Gasteiger partial charge in [0.25, 0.3) is 5.91 Å². The highest BCUT2D eigenvalue weighted by atomic mass is 16.5. The standard InChI is InChI=1S/C19H17N5O2/c1-2-26-13-8-9-15-14(10-13)18(19(25)20-15)24-23-17-11-16(21-22-17)12-6-4-3-5-7-12/h3-10,16H,2,11H2,1H3,(H,20,24,25)/b23-17+. The van der Waals surface area contributed by atoms with Crippen LogP contribution in [0.15, 0.2) is 69.0 Å². The maximum absolute atomic E-state index is 12.2. The number of nitrogens with one attached hydrogen (secondary N) is 1. The maximum Gasteiger partial charge on any atom is 0.276 e. The topological polar surface area (TPSA) is 87.8 Å². The molecule has 2 aliphatic rings. The van der Waals surface area contributed by atoms with E-state index in [0.717, 1.165) is 5.56 Å². The van der Waals surface area contributed by atoms with Gasteiger partial charge in [0.1, 0.15) is 11.8 Å². The van der Waals surface area contributed by atoms with E-state index in [1.54, 1.807) is 12.1 Å². The van der Waals surface area contributed by atoms with E-state index in [2.05, 4.69) is 25.7 Å². The molecule has 2 aliphatic heterocycles. The van der Waals surface area contributed by atoms with Crippen molar-refractivity contribution in [2.75, 3.05) is 11.9 Å². The zero-order chi connectivity index (χ0) is 17.9. The summed E-state index contributed by atoms with van der Waals surface area (Å²) < 4.78 is 5.49. The first-order valence-electron chi connectivity index (χ1n) is 8.43. The number of nitrogens with zero attached hydrogens (tertiary/aromatic N) is 4. The molecule has 1 unspecified atom stereocenters. The monoisotopic (exact) mass is 347 g/mol. The maximum atomic E-state index is 12.2. The third kappa shape index (κ3) is 3.11. The second kappa shape index (κ2) is 6.87. The van der Waals surface area contributed by atoms with E-state index in [1.807, 2.05) is 43.3 Å². The molecule has 1 amide bonds. The number of azo groups is 1. The second-order valence-electron chi connectivity index (χ2n) is 5.91. The molecule has 4 rings (SSSR count). The van der Waals surface area contributed by atoms with Crippen molar-refractivity contribution < 1.29 is 9.53 Å². The van der Waals surface area contributed by atoms with Gasteiger partial charge in [-0.1, -0.05) is 30.3 Å². The van der Waals surface area contributed by atoms with Gasteiger partial charge < -0.3 is 10.1 Å². The molecule has 1 atom stereocenters. The van der Waals surface area contributed by atoms with Crippen LogP contribution in [0.4, 0.5) is 5.69 Å². The molecule has 2 heterocycles. The van der Waals surface area contributed by atoms with Gasteiger partial charge in [-0.3, -0.25) is 4.79 Å². The summed E-state index contributed by atoms with van der Waals surface area (Å²) in [6.07, 6.45) is 0.564. The van der Waals surface area contributed by atoms with Crippen LogP contribution < -0.4 is 10.1 Å². The Morgan fingerprint density at radius 3 is 2.85 bits per heavy atom. The quantitative estimate of drug-likeness (QED) is 0.854. The van der Waals surface area contributed by atoms with Crippen LogP contribution >= 0.6 is 0 Å². The van der Waals surface area contributed by atoms with Crippen molar-refractivity contribution in [3.63, 3.8) is 0 Å².